The number of hydrogen-bond acceptors (Lipinski definition) is 3. The molecule has 0 aromatic heterocycles. The maximum Gasteiger partial charge on any atom is 0.341 e. The summed E-state index contributed by atoms with van der Waals surface area (Å²) < 4.78 is 17.3. The molecular formula is C7H11FO2S. The lowest BCUT2D eigenvalue weighted by Crippen LogP contribution is -2.26. The maximum atomic E-state index is 13.0. The fourth-order valence-electron chi connectivity index (χ4n) is 1.10. The molecule has 0 amide bonds. The largest absolute Gasteiger partial charge is 0.467 e. The first-order valence-corrected chi connectivity index (χ1v) is 4.64. The van der Waals surface area contributed by atoms with E-state index in [1.807, 2.05) is 0 Å². The molecule has 4 heteroatoms. The lowest BCUT2D eigenvalue weighted by Gasteiger charge is -2.11. The third-order valence-electron chi connectivity index (χ3n) is 1.72. The van der Waals surface area contributed by atoms with Crippen molar-refractivity contribution >= 4 is 17.7 Å². The van der Waals surface area contributed by atoms with Gasteiger partial charge in [-0.2, -0.15) is 11.8 Å². The van der Waals surface area contributed by atoms with Gasteiger partial charge >= 0.3 is 5.97 Å². The predicted octanol–water partition coefficient (Wildman–Crippen LogP) is 1.39. The number of carbonyl (C=O) groups excluding carboxylic acids is 1. The number of ether oxygens (including phenoxy) is 1. The van der Waals surface area contributed by atoms with Crippen LogP contribution in [0, 0.1) is 0 Å². The lowest BCUT2D eigenvalue weighted by molar-refractivity contribution is -0.146. The summed E-state index contributed by atoms with van der Waals surface area (Å²) in [6, 6.07) is 0. The molecule has 64 valence electrons. The van der Waals surface area contributed by atoms with Gasteiger partial charge in [-0.05, 0) is 18.6 Å². The number of alkyl halides is 1. The maximum absolute atomic E-state index is 13.0. The van der Waals surface area contributed by atoms with Crippen LogP contribution in [-0.4, -0.2) is 30.3 Å². The Morgan fingerprint density at radius 2 is 2.55 bits per heavy atom. The molecule has 1 heterocycles. The van der Waals surface area contributed by atoms with Crippen LogP contribution in [0.15, 0.2) is 0 Å². The van der Waals surface area contributed by atoms with Gasteiger partial charge in [-0.25, -0.2) is 9.18 Å². The Labute approximate surface area is 69.5 Å². The van der Waals surface area contributed by atoms with Gasteiger partial charge in [-0.1, -0.05) is 0 Å². The number of carbonyl (C=O) groups is 1. The van der Waals surface area contributed by atoms with E-state index in [0.29, 0.717) is 0 Å². The zero-order valence-corrected chi connectivity index (χ0v) is 7.20. The van der Waals surface area contributed by atoms with Crippen LogP contribution in [0.5, 0.6) is 0 Å². The smallest absolute Gasteiger partial charge is 0.341 e. The van der Waals surface area contributed by atoms with Crippen LogP contribution in [0.2, 0.25) is 0 Å². The first-order chi connectivity index (χ1) is 5.25. The van der Waals surface area contributed by atoms with Crippen molar-refractivity contribution in [3.8, 4) is 0 Å². The van der Waals surface area contributed by atoms with Crippen LogP contribution in [0.3, 0.4) is 0 Å². The van der Waals surface area contributed by atoms with Crippen molar-refractivity contribution < 1.29 is 13.9 Å². The summed E-state index contributed by atoms with van der Waals surface area (Å²) in [7, 11) is 1.22. The predicted molar refractivity (Wildman–Crippen MR) is 42.4 cm³/mol. The summed E-state index contributed by atoms with van der Waals surface area (Å²) in [6.07, 6.45) is 0.376. The Kier molecular flexibility index (Phi) is 3.17. The number of hydrogen-bond donors (Lipinski definition) is 0. The van der Waals surface area contributed by atoms with Gasteiger partial charge in [-0.15, -0.1) is 0 Å². The fraction of sp³-hybridized carbons (Fsp3) is 0.857. The minimum absolute atomic E-state index is 0.164. The minimum atomic E-state index is -1.42. The van der Waals surface area contributed by atoms with E-state index in [1.165, 1.54) is 18.9 Å². The lowest BCUT2D eigenvalue weighted by atomic mass is 10.2. The minimum Gasteiger partial charge on any atom is -0.467 e. The number of thioether (sulfide) groups is 1. The molecule has 1 saturated heterocycles. The van der Waals surface area contributed by atoms with Crippen LogP contribution in [0.25, 0.3) is 0 Å². The molecule has 2 nitrogen and oxygen atoms in total. The van der Waals surface area contributed by atoms with Gasteiger partial charge in [0.2, 0.25) is 6.17 Å². The second-order valence-electron chi connectivity index (χ2n) is 2.48. The summed E-state index contributed by atoms with van der Waals surface area (Å²) in [4.78, 5) is 10.7. The average Bonchev–Trinajstić information content (AvgIpc) is 2.53. The molecule has 11 heavy (non-hydrogen) atoms. The first-order valence-electron chi connectivity index (χ1n) is 3.59. The zero-order valence-electron chi connectivity index (χ0n) is 6.38. The molecule has 0 saturated carbocycles. The number of rotatable bonds is 2. The topological polar surface area (TPSA) is 26.3 Å². The van der Waals surface area contributed by atoms with Crippen molar-refractivity contribution in [2.75, 3.05) is 12.9 Å². The van der Waals surface area contributed by atoms with E-state index in [4.69, 9.17) is 0 Å². The van der Waals surface area contributed by atoms with E-state index < -0.39 is 12.1 Å². The Hall–Kier alpha value is -0.250. The average molecular weight is 178 g/mol. The van der Waals surface area contributed by atoms with E-state index in [1.54, 1.807) is 0 Å². The number of esters is 1. The Morgan fingerprint density at radius 3 is 3.00 bits per heavy atom. The van der Waals surface area contributed by atoms with E-state index >= 15 is 0 Å². The quantitative estimate of drug-likeness (QED) is 0.598. The fourth-order valence-corrected chi connectivity index (χ4v) is 2.35. The molecule has 1 fully saturated rings. The van der Waals surface area contributed by atoms with Crippen LogP contribution in [0.4, 0.5) is 4.39 Å². The summed E-state index contributed by atoms with van der Waals surface area (Å²) in [5, 5.41) is -0.164. The molecule has 2 atom stereocenters. The Morgan fingerprint density at radius 1 is 1.82 bits per heavy atom. The van der Waals surface area contributed by atoms with E-state index in [-0.39, 0.29) is 5.25 Å². The Bertz CT molecular complexity index is 145. The highest BCUT2D eigenvalue weighted by Crippen LogP contribution is 2.30. The van der Waals surface area contributed by atoms with Crippen molar-refractivity contribution in [2.45, 2.75) is 24.3 Å². The number of halogens is 1. The van der Waals surface area contributed by atoms with Gasteiger partial charge in [-0.3, -0.25) is 0 Å². The van der Waals surface area contributed by atoms with Crippen molar-refractivity contribution in [1.82, 2.24) is 0 Å². The van der Waals surface area contributed by atoms with Gasteiger partial charge in [0.25, 0.3) is 0 Å². The second kappa shape index (κ2) is 3.95. The van der Waals surface area contributed by atoms with Gasteiger partial charge in [0.15, 0.2) is 0 Å². The van der Waals surface area contributed by atoms with Crippen molar-refractivity contribution in [2.24, 2.45) is 0 Å². The summed E-state index contributed by atoms with van der Waals surface area (Å²) in [5.74, 6) is 0.228. The molecule has 1 aliphatic heterocycles. The summed E-state index contributed by atoms with van der Waals surface area (Å²) in [6.45, 7) is 0. The third kappa shape index (κ3) is 2.09. The Balaban J connectivity index is 2.39. The monoisotopic (exact) mass is 178 g/mol. The number of methoxy groups -OCH3 is 1. The van der Waals surface area contributed by atoms with Gasteiger partial charge in [0.1, 0.15) is 0 Å². The highest BCUT2D eigenvalue weighted by Gasteiger charge is 2.31. The van der Waals surface area contributed by atoms with Gasteiger partial charge in [0, 0.05) is 5.25 Å². The molecular weight excluding hydrogens is 167 g/mol. The van der Waals surface area contributed by atoms with Crippen LogP contribution in [-0.2, 0) is 9.53 Å². The molecule has 0 aromatic rings. The molecule has 1 aliphatic rings. The highest BCUT2D eigenvalue weighted by molar-refractivity contribution is 8.00. The summed E-state index contributed by atoms with van der Waals surface area (Å²) in [5.41, 5.74) is 0. The third-order valence-corrected chi connectivity index (χ3v) is 3.14. The molecule has 0 radical (unpaired) electrons. The molecule has 0 N–H and O–H groups in total. The second-order valence-corrected chi connectivity index (χ2v) is 3.82. The van der Waals surface area contributed by atoms with Crippen LogP contribution in [0.1, 0.15) is 12.8 Å². The van der Waals surface area contributed by atoms with Crippen molar-refractivity contribution in [3.63, 3.8) is 0 Å². The van der Waals surface area contributed by atoms with Crippen molar-refractivity contribution in [3.05, 3.63) is 0 Å². The summed E-state index contributed by atoms with van der Waals surface area (Å²) >= 11 is 1.52. The first kappa shape index (κ1) is 8.84. The van der Waals surface area contributed by atoms with Crippen LogP contribution >= 0.6 is 11.8 Å². The standard InChI is InChI=1S/C7H11FO2S/c1-10-7(9)6(8)5-3-2-4-11-5/h5-6H,2-4H2,1H3. The molecule has 1 rings (SSSR count). The molecule has 2 unspecified atom stereocenters. The highest BCUT2D eigenvalue weighted by atomic mass is 32.2. The van der Waals surface area contributed by atoms with E-state index in [2.05, 4.69) is 4.74 Å². The molecule has 0 bridgehead atoms. The molecule has 0 aromatic carbocycles. The molecule has 0 aliphatic carbocycles. The van der Waals surface area contributed by atoms with Crippen molar-refractivity contribution in [1.29, 1.82) is 0 Å². The van der Waals surface area contributed by atoms with Gasteiger partial charge < -0.3 is 4.74 Å². The SMILES string of the molecule is COC(=O)C(F)C1CCCS1. The van der Waals surface area contributed by atoms with Gasteiger partial charge in [0.05, 0.1) is 7.11 Å². The van der Waals surface area contributed by atoms with Crippen LogP contribution < -0.4 is 0 Å². The normalized spacial score (nSPS) is 26.5. The van der Waals surface area contributed by atoms with E-state index in [0.717, 1.165) is 18.6 Å². The molecule has 0 spiro atoms. The zero-order chi connectivity index (χ0) is 8.27. The van der Waals surface area contributed by atoms with E-state index in [9.17, 15) is 9.18 Å².